The third-order valence-electron chi connectivity index (χ3n) is 1.66. The highest BCUT2D eigenvalue weighted by molar-refractivity contribution is 5.52. The molecule has 0 spiro atoms. The highest BCUT2D eigenvalue weighted by Crippen LogP contribution is 2.38. The summed E-state index contributed by atoms with van der Waals surface area (Å²) in [4.78, 5) is 0. The molecule has 2 N–H and O–H groups in total. The Labute approximate surface area is 76.3 Å². The van der Waals surface area contributed by atoms with Gasteiger partial charge in [-0.15, -0.1) is 0 Å². The molecule has 0 radical (unpaired) electrons. The summed E-state index contributed by atoms with van der Waals surface area (Å²) in [5.74, 6) is 0. The van der Waals surface area contributed by atoms with Gasteiger partial charge in [0, 0.05) is 5.69 Å². The van der Waals surface area contributed by atoms with Gasteiger partial charge in [0.25, 0.3) is 6.43 Å². The van der Waals surface area contributed by atoms with Crippen LogP contribution < -0.4 is 5.73 Å². The van der Waals surface area contributed by atoms with E-state index in [4.69, 9.17) is 5.73 Å². The quantitative estimate of drug-likeness (QED) is 0.560. The van der Waals surface area contributed by atoms with E-state index in [1.165, 1.54) is 0 Å². The molecule has 0 aliphatic carbocycles. The summed E-state index contributed by atoms with van der Waals surface area (Å²) < 4.78 is 61.1. The SMILES string of the molecule is Nc1cccc(C(F)(F)F)c1C(F)F. The Morgan fingerprint density at radius 2 is 1.71 bits per heavy atom. The summed E-state index contributed by atoms with van der Waals surface area (Å²) in [7, 11) is 0. The predicted octanol–water partition coefficient (Wildman–Crippen LogP) is 3.23. The molecule has 14 heavy (non-hydrogen) atoms. The highest BCUT2D eigenvalue weighted by Gasteiger charge is 2.36. The molecule has 0 atom stereocenters. The van der Waals surface area contributed by atoms with Crippen molar-refractivity contribution in [2.75, 3.05) is 5.73 Å². The normalized spacial score (nSPS) is 12.1. The fourth-order valence-corrected chi connectivity index (χ4v) is 1.07. The molecule has 78 valence electrons. The van der Waals surface area contributed by atoms with Gasteiger partial charge < -0.3 is 5.73 Å². The molecular formula is C8H6F5N. The molecular weight excluding hydrogens is 205 g/mol. The number of hydrogen-bond acceptors (Lipinski definition) is 1. The fourth-order valence-electron chi connectivity index (χ4n) is 1.07. The second-order valence-electron chi connectivity index (χ2n) is 2.61. The number of hydrogen-bond donors (Lipinski definition) is 1. The summed E-state index contributed by atoms with van der Waals surface area (Å²) in [6.07, 6.45) is -8.03. The van der Waals surface area contributed by atoms with E-state index in [2.05, 4.69) is 0 Å². The zero-order valence-corrected chi connectivity index (χ0v) is 6.78. The zero-order valence-electron chi connectivity index (χ0n) is 6.78. The third kappa shape index (κ3) is 1.94. The van der Waals surface area contributed by atoms with Crippen LogP contribution in [0.1, 0.15) is 17.6 Å². The second-order valence-corrected chi connectivity index (χ2v) is 2.61. The lowest BCUT2D eigenvalue weighted by atomic mass is 10.1. The lowest BCUT2D eigenvalue weighted by molar-refractivity contribution is -0.139. The topological polar surface area (TPSA) is 26.0 Å². The minimum absolute atomic E-state index is 0.546. The van der Waals surface area contributed by atoms with Gasteiger partial charge in [0.15, 0.2) is 0 Å². The van der Waals surface area contributed by atoms with Crippen molar-refractivity contribution in [2.45, 2.75) is 12.6 Å². The molecule has 0 saturated heterocycles. The molecule has 1 nitrogen and oxygen atoms in total. The lowest BCUT2D eigenvalue weighted by Crippen LogP contribution is -2.11. The van der Waals surface area contributed by atoms with Crippen LogP contribution in [0.2, 0.25) is 0 Å². The Morgan fingerprint density at radius 1 is 1.14 bits per heavy atom. The van der Waals surface area contributed by atoms with E-state index >= 15 is 0 Å². The van der Waals surface area contributed by atoms with Crippen LogP contribution in [0.25, 0.3) is 0 Å². The van der Waals surface area contributed by atoms with Gasteiger partial charge in [-0.1, -0.05) is 6.07 Å². The van der Waals surface area contributed by atoms with E-state index in [1.807, 2.05) is 0 Å². The minimum Gasteiger partial charge on any atom is -0.398 e. The number of rotatable bonds is 1. The van der Waals surface area contributed by atoms with E-state index in [-0.39, 0.29) is 0 Å². The average Bonchev–Trinajstić information content (AvgIpc) is 2.01. The van der Waals surface area contributed by atoms with Gasteiger partial charge in [-0.3, -0.25) is 0 Å². The average molecular weight is 211 g/mol. The first-order valence-electron chi connectivity index (χ1n) is 3.57. The van der Waals surface area contributed by atoms with Crippen molar-refractivity contribution in [1.29, 1.82) is 0 Å². The van der Waals surface area contributed by atoms with Crippen LogP contribution in [-0.4, -0.2) is 0 Å². The zero-order chi connectivity index (χ0) is 10.9. The van der Waals surface area contributed by atoms with Gasteiger partial charge in [-0.2, -0.15) is 13.2 Å². The Hall–Kier alpha value is -1.33. The van der Waals surface area contributed by atoms with Crippen molar-refractivity contribution in [3.05, 3.63) is 29.3 Å². The lowest BCUT2D eigenvalue weighted by Gasteiger charge is -2.13. The molecule has 0 heterocycles. The molecule has 0 bridgehead atoms. The van der Waals surface area contributed by atoms with Crippen LogP contribution in [0.5, 0.6) is 0 Å². The second kappa shape index (κ2) is 3.43. The van der Waals surface area contributed by atoms with E-state index < -0.39 is 29.4 Å². The van der Waals surface area contributed by atoms with Gasteiger partial charge in [-0.05, 0) is 12.1 Å². The number of benzene rings is 1. The number of anilines is 1. The smallest absolute Gasteiger partial charge is 0.398 e. The van der Waals surface area contributed by atoms with Crippen molar-refractivity contribution < 1.29 is 22.0 Å². The van der Waals surface area contributed by atoms with E-state index in [9.17, 15) is 22.0 Å². The van der Waals surface area contributed by atoms with Gasteiger partial charge in [0.05, 0.1) is 11.1 Å². The number of halogens is 5. The van der Waals surface area contributed by atoms with E-state index in [1.54, 1.807) is 0 Å². The molecule has 1 aromatic rings. The van der Waals surface area contributed by atoms with Crippen molar-refractivity contribution in [3.63, 3.8) is 0 Å². The molecule has 1 rings (SSSR count). The maximum atomic E-state index is 12.2. The summed E-state index contributed by atoms with van der Waals surface area (Å²) in [6, 6.07) is 2.58. The largest absolute Gasteiger partial charge is 0.416 e. The molecule has 0 saturated carbocycles. The molecule has 1 aromatic carbocycles. The molecule has 0 aliphatic heterocycles. The first-order chi connectivity index (χ1) is 6.34. The minimum atomic E-state index is -4.80. The molecule has 0 amide bonds. The van der Waals surface area contributed by atoms with Crippen LogP contribution in [0.4, 0.5) is 27.6 Å². The fraction of sp³-hybridized carbons (Fsp3) is 0.250. The third-order valence-corrected chi connectivity index (χ3v) is 1.66. The maximum Gasteiger partial charge on any atom is 0.416 e. The number of nitrogen functional groups attached to an aromatic ring is 1. The van der Waals surface area contributed by atoms with Crippen LogP contribution >= 0.6 is 0 Å². The molecule has 6 heteroatoms. The van der Waals surface area contributed by atoms with Crippen molar-refractivity contribution in [1.82, 2.24) is 0 Å². The number of alkyl halides is 5. The molecule has 0 aliphatic rings. The highest BCUT2D eigenvalue weighted by atomic mass is 19.4. The standard InChI is InChI=1S/C8H6F5N/c9-7(10)6-4(8(11,12)13)2-1-3-5(6)14/h1-3,7H,14H2. The van der Waals surface area contributed by atoms with E-state index in [0.717, 1.165) is 12.1 Å². The monoisotopic (exact) mass is 211 g/mol. The summed E-state index contributed by atoms with van der Waals surface area (Å²) in [5, 5.41) is 0. The van der Waals surface area contributed by atoms with Crippen molar-refractivity contribution >= 4 is 5.69 Å². The Kier molecular flexibility index (Phi) is 2.64. The van der Waals surface area contributed by atoms with Gasteiger partial charge >= 0.3 is 6.18 Å². The van der Waals surface area contributed by atoms with E-state index in [0.29, 0.717) is 6.07 Å². The maximum absolute atomic E-state index is 12.2. The van der Waals surface area contributed by atoms with Crippen LogP contribution in [0.15, 0.2) is 18.2 Å². The summed E-state index contributed by atoms with van der Waals surface area (Å²) in [5.41, 5.74) is 1.96. The Balaban J connectivity index is 3.36. The predicted molar refractivity (Wildman–Crippen MR) is 40.8 cm³/mol. The Morgan fingerprint density at radius 3 is 2.07 bits per heavy atom. The first-order valence-corrected chi connectivity index (χ1v) is 3.57. The van der Waals surface area contributed by atoms with Gasteiger partial charge in [-0.25, -0.2) is 8.78 Å². The van der Waals surface area contributed by atoms with Gasteiger partial charge in [0.2, 0.25) is 0 Å². The van der Waals surface area contributed by atoms with Crippen molar-refractivity contribution in [3.8, 4) is 0 Å². The van der Waals surface area contributed by atoms with Crippen LogP contribution in [-0.2, 0) is 6.18 Å². The van der Waals surface area contributed by atoms with Gasteiger partial charge in [0.1, 0.15) is 0 Å². The number of nitrogens with two attached hydrogens (primary N) is 1. The summed E-state index contributed by atoms with van der Waals surface area (Å²) in [6.45, 7) is 0. The van der Waals surface area contributed by atoms with Crippen molar-refractivity contribution in [2.24, 2.45) is 0 Å². The molecule has 0 aromatic heterocycles. The molecule has 0 fully saturated rings. The Bertz CT molecular complexity index is 331. The van der Waals surface area contributed by atoms with Crippen LogP contribution in [0, 0.1) is 0 Å². The molecule has 0 unspecified atom stereocenters. The summed E-state index contributed by atoms with van der Waals surface area (Å²) >= 11 is 0. The van der Waals surface area contributed by atoms with Crippen LogP contribution in [0.3, 0.4) is 0 Å². The first kappa shape index (κ1) is 10.7.